The topological polar surface area (TPSA) is 12.0 Å². The molecule has 0 spiro atoms. The van der Waals surface area contributed by atoms with Crippen molar-refractivity contribution in [3.8, 4) is 0 Å². The fourth-order valence-corrected chi connectivity index (χ4v) is 2.34. The molecule has 0 saturated carbocycles. The lowest BCUT2D eigenvalue weighted by Crippen LogP contribution is -2.16. The summed E-state index contributed by atoms with van der Waals surface area (Å²) in [6, 6.07) is 8.51. The first-order chi connectivity index (χ1) is 7.33. The summed E-state index contributed by atoms with van der Waals surface area (Å²) in [5.74, 6) is 1.19. The number of hydrogen-bond donors (Lipinski definition) is 1. The highest BCUT2D eigenvalue weighted by atomic mass is 79.9. The predicted molar refractivity (Wildman–Crippen MR) is 72.6 cm³/mol. The smallest absolute Gasteiger partial charge is 0.0176 e. The maximum absolute atomic E-state index is 3.44. The molecule has 0 amide bonds. The fraction of sp³-hybridized carbons (Fsp3) is 0.500. The van der Waals surface area contributed by atoms with Crippen molar-refractivity contribution in [3.63, 3.8) is 0 Å². The molecule has 0 aromatic heterocycles. The highest BCUT2D eigenvalue weighted by Crippen LogP contribution is 2.20. The third-order valence-electron chi connectivity index (χ3n) is 2.01. The van der Waals surface area contributed by atoms with Crippen molar-refractivity contribution < 1.29 is 0 Å². The van der Waals surface area contributed by atoms with Gasteiger partial charge in [0, 0.05) is 9.37 Å². The van der Waals surface area contributed by atoms with Gasteiger partial charge in [0.15, 0.2) is 0 Å². The molecule has 0 atom stereocenters. The Kier molecular flexibility index (Phi) is 7.14. The van der Waals surface area contributed by atoms with E-state index in [-0.39, 0.29) is 0 Å². The first-order valence-corrected chi connectivity index (χ1v) is 7.20. The van der Waals surface area contributed by atoms with Crippen LogP contribution in [0.3, 0.4) is 0 Å². The summed E-state index contributed by atoms with van der Waals surface area (Å²) in [4.78, 5) is 1.36. The van der Waals surface area contributed by atoms with Gasteiger partial charge < -0.3 is 5.32 Å². The summed E-state index contributed by atoms with van der Waals surface area (Å²) in [5, 5.41) is 3.41. The van der Waals surface area contributed by atoms with Crippen molar-refractivity contribution in [2.24, 2.45) is 0 Å². The van der Waals surface area contributed by atoms with Crippen LogP contribution in [0.5, 0.6) is 0 Å². The number of benzene rings is 1. The van der Waals surface area contributed by atoms with Gasteiger partial charge in [-0.3, -0.25) is 0 Å². The highest BCUT2D eigenvalue weighted by Gasteiger charge is 1.93. The van der Waals surface area contributed by atoms with Gasteiger partial charge in [0.05, 0.1) is 0 Å². The molecule has 1 aromatic carbocycles. The molecule has 0 bridgehead atoms. The van der Waals surface area contributed by atoms with E-state index >= 15 is 0 Å². The minimum absolute atomic E-state index is 1.14. The lowest BCUT2D eigenvalue weighted by molar-refractivity contribution is 0.664. The lowest BCUT2D eigenvalue weighted by Gasteiger charge is -2.03. The number of hydrogen-bond acceptors (Lipinski definition) is 2. The molecule has 0 aliphatic heterocycles. The zero-order valence-corrected chi connectivity index (χ0v) is 11.5. The molecule has 0 fully saturated rings. The van der Waals surface area contributed by atoms with Crippen molar-refractivity contribution in [2.75, 3.05) is 18.8 Å². The van der Waals surface area contributed by atoms with Crippen LogP contribution >= 0.6 is 27.7 Å². The standard InChI is InChI=1S/C12H18BrNS/c1-2-8-14-9-3-10-15-12-6-4-11(13)5-7-12/h4-7,14H,2-3,8-10H2,1H3. The molecule has 1 rings (SSSR count). The Bertz CT molecular complexity index is 261. The molecule has 0 radical (unpaired) electrons. The zero-order chi connectivity index (χ0) is 10.9. The Hall–Kier alpha value is 0.01000. The second kappa shape index (κ2) is 8.20. The summed E-state index contributed by atoms with van der Waals surface area (Å²) < 4.78 is 1.15. The number of nitrogens with one attached hydrogen (secondary N) is 1. The van der Waals surface area contributed by atoms with E-state index in [2.05, 4.69) is 52.4 Å². The quantitative estimate of drug-likeness (QED) is 0.602. The molecule has 1 aromatic rings. The molecule has 0 aliphatic carbocycles. The van der Waals surface area contributed by atoms with E-state index in [1.165, 1.54) is 23.5 Å². The van der Waals surface area contributed by atoms with Crippen LogP contribution < -0.4 is 5.32 Å². The minimum atomic E-state index is 1.14. The molecule has 0 saturated heterocycles. The van der Waals surface area contributed by atoms with E-state index in [0.29, 0.717) is 0 Å². The van der Waals surface area contributed by atoms with Crippen molar-refractivity contribution >= 4 is 27.7 Å². The van der Waals surface area contributed by atoms with Gasteiger partial charge in [-0.1, -0.05) is 22.9 Å². The second-order valence-electron chi connectivity index (χ2n) is 3.41. The normalized spacial score (nSPS) is 10.5. The van der Waals surface area contributed by atoms with Crippen LogP contribution in [0.2, 0.25) is 0 Å². The molecular formula is C12H18BrNS. The summed E-state index contributed by atoms with van der Waals surface area (Å²) in [5.41, 5.74) is 0. The van der Waals surface area contributed by atoms with Crippen molar-refractivity contribution in [2.45, 2.75) is 24.7 Å². The number of halogens is 1. The summed E-state index contributed by atoms with van der Waals surface area (Å²) in [7, 11) is 0. The van der Waals surface area contributed by atoms with Gasteiger partial charge in [-0.25, -0.2) is 0 Å². The van der Waals surface area contributed by atoms with E-state index < -0.39 is 0 Å². The average molecular weight is 288 g/mol. The van der Waals surface area contributed by atoms with Crippen LogP contribution in [0.15, 0.2) is 33.6 Å². The van der Waals surface area contributed by atoms with E-state index in [0.717, 1.165) is 17.6 Å². The van der Waals surface area contributed by atoms with Crippen LogP contribution in [-0.4, -0.2) is 18.8 Å². The Morgan fingerprint density at radius 1 is 1.20 bits per heavy atom. The number of rotatable bonds is 7. The molecule has 15 heavy (non-hydrogen) atoms. The predicted octanol–water partition coefficient (Wildman–Crippen LogP) is 3.93. The van der Waals surface area contributed by atoms with E-state index in [4.69, 9.17) is 0 Å². The molecule has 0 heterocycles. The van der Waals surface area contributed by atoms with Crippen LogP contribution in [0.4, 0.5) is 0 Å². The largest absolute Gasteiger partial charge is 0.317 e. The zero-order valence-electron chi connectivity index (χ0n) is 9.13. The van der Waals surface area contributed by atoms with E-state index in [9.17, 15) is 0 Å². The third kappa shape index (κ3) is 6.23. The second-order valence-corrected chi connectivity index (χ2v) is 5.49. The summed E-state index contributed by atoms with van der Waals surface area (Å²) in [6.07, 6.45) is 2.46. The van der Waals surface area contributed by atoms with Crippen LogP contribution in [0, 0.1) is 0 Å². The Balaban J connectivity index is 2.07. The number of thioether (sulfide) groups is 1. The van der Waals surface area contributed by atoms with Gasteiger partial charge >= 0.3 is 0 Å². The van der Waals surface area contributed by atoms with Gasteiger partial charge in [-0.05, 0) is 55.9 Å². The Morgan fingerprint density at radius 2 is 1.93 bits per heavy atom. The first-order valence-electron chi connectivity index (χ1n) is 5.42. The fourth-order valence-electron chi connectivity index (χ4n) is 1.22. The maximum Gasteiger partial charge on any atom is 0.0176 e. The summed E-state index contributed by atoms with van der Waals surface area (Å²) in [6.45, 7) is 4.48. The Morgan fingerprint density at radius 3 is 2.60 bits per heavy atom. The minimum Gasteiger partial charge on any atom is -0.317 e. The van der Waals surface area contributed by atoms with Crippen molar-refractivity contribution in [1.29, 1.82) is 0 Å². The molecule has 1 nitrogen and oxygen atoms in total. The SMILES string of the molecule is CCCNCCCSc1ccc(Br)cc1. The van der Waals surface area contributed by atoms with E-state index in [1.807, 2.05) is 11.8 Å². The summed E-state index contributed by atoms with van der Waals surface area (Å²) >= 11 is 5.36. The monoisotopic (exact) mass is 287 g/mol. The van der Waals surface area contributed by atoms with Gasteiger partial charge in [0.1, 0.15) is 0 Å². The van der Waals surface area contributed by atoms with Crippen molar-refractivity contribution in [1.82, 2.24) is 5.32 Å². The average Bonchev–Trinajstić information content (AvgIpc) is 2.26. The van der Waals surface area contributed by atoms with Gasteiger partial charge in [-0.2, -0.15) is 0 Å². The molecule has 84 valence electrons. The molecular weight excluding hydrogens is 270 g/mol. The lowest BCUT2D eigenvalue weighted by atomic mass is 10.4. The van der Waals surface area contributed by atoms with Gasteiger partial charge in [0.25, 0.3) is 0 Å². The molecule has 1 N–H and O–H groups in total. The van der Waals surface area contributed by atoms with E-state index in [1.54, 1.807) is 0 Å². The Labute approximate surface area is 105 Å². The maximum atomic E-state index is 3.44. The molecule has 0 aliphatic rings. The van der Waals surface area contributed by atoms with Crippen LogP contribution in [-0.2, 0) is 0 Å². The van der Waals surface area contributed by atoms with Crippen LogP contribution in [0.25, 0.3) is 0 Å². The highest BCUT2D eigenvalue weighted by molar-refractivity contribution is 9.10. The van der Waals surface area contributed by atoms with Crippen LogP contribution in [0.1, 0.15) is 19.8 Å². The van der Waals surface area contributed by atoms with Crippen molar-refractivity contribution in [3.05, 3.63) is 28.7 Å². The van der Waals surface area contributed by atoms with Gasteiger partial charge in [-0.15, -0.1) is 11.8 Å². The molecule has 3 heteroatoms. The third-order valence-corrected chi connectivity index (χ3v) is 3.63. The molecule has 0 unspecified atom stereocenters. The van der Waals surface area contributed by atoms with Gasteiger partial charge in [0.2, 0.25) is 0 Å². The first kappa shape index (κ1) is 13.1.